The molecular formula is C43H52BrN4O14P. The molecule has 2 heterocycles. The second-order valence-electron chi connectivity index (χ2n) is 17.7. The minimum absolute atomic E-state index is 0.0172. The van der Waals surface area contributed by atoms with Crippen LogP contribution in [0.1, 0.15) is 75.5 Å². The maximum absolute atomic E-state index is 14.5. The van der Waals surface area contributed by atoms with Crippen molar-refractivity contribution in [2.75, 3.05) is 23.8 Å². The van der Waals surface area contributed by atoms with E-state index < -0.39 is 91.4 Å². The van der Waals surface area contributed by atoms with Crippen LogP contribution in [0.3, 0.4) is 0 Å². The van der Waals surface area contributed by atoms with Gasteiger partial charge in [-0.2, -0.15) is 0 Å². The number of benzene rings is 1. The van der Waals surface area contributed by atoms with E-state index in [4.69, 9.17) is 14.0 Å². The second kappa shape index (κ2) is 17.9. The van der Waals surface area contributed by atoms with Gasteiger partial charge in [0.25, 0.3) is 0 Å². The van der Waals surface area contributed by atoms with Crippen LogP contribution >= 0.6 is 23.8 Å². The molecule has 5 aliphatic rings. The van der Waals surface area contributed by atoms with Crippen molar-refractivity contribution in [1.29, 1.82) is 0 Å². The topological polar surface area (TPSA) is 269 Å². The van der Waals surface area contributed by atoms with Gasteiger partial charge in [-0.05, 0) is 91.8 Å². The number of ether oxygens (including phenoxy) is 2. The molecule has 1 aromatic carbocycles. The van der Waals surface area contributed by atoms with E-state index >= 15 is 0 Å². The van der Waals surface area contributed by atoms with Crippen molar-refractivity contribution in [2.24, 2.45) is 35.6 Å². The molecule has 3 saturated carbocycles. The van der Waals surface area contributed by atoms with Gasteiger partial charge < -0.3 is 50.0 Å². The molecule has 0 spiro atoms. The highest BCUT2D eigenvalue weighted by atomic mass is 79.9. The number of phosphoric acid groups is 1. The Hall–Kier alpha value is -4.33. The lowest BCUT2D eigenvalue weighted by molar-refractivity contribution is -0.201. The van der Waals surface area contributed by atoms with Crippen LogP contribution < -0.4 is 16.0 Å². The number of ketones is 2. The minimum atomic E-state index is -5.05. The summed E-state index contributed by atoms with van der Waals surface area (Å²) in [4.78, 5) is 94.2. The summed E-state index contributed by atoms with van der Waals surface area (Å²) in [7, 11) is -3.25. The number of amides is 3. The molecule has 10 atom stereocenters. The van der Waals surface area contributed by atoms with Crippen LogP contribution in [0.4, 0.5) is 5.69 Å². The summed E-state index contributed by atoms with van der Waals surface area (Å²) in [6.07, 6.45) is 5.91. The van der Waals surface area contributed by atoms with Crippen LogP contribution in [0.2, 0.25) is 0 Å². The molecule has 0 unspecified atom stereocenters. The van der Waals surface area contributed by atoms with Crippen molar-refractivity contribution < 1.29 is 67.3 Å². The van der Waals surface area contributed by atoms with Crippen molar-refractivity contribution in [3.63, 3.8) is 0 Å². The highest BCUT2D eigenvalue weighted by molar-refractivity contribution is 9.09. The number of halogens is 1. The number of aliphatic carboxylic acids is 1. The molecule has 20 heteroatoms. The number of nitrogens with zero attached hydrogens (tertiary/aromatic N) is 1. The number of alkyl halides is 1. The Bertz CT molecular complexity index is 2290. The van der Waals surface area contributed by atoms with Crippen molar-refractivity contribution in [3.05, 3.63) is 77.2 Å². The average molecular weight is 960 g/mol. The van der Waals surface area contributed by atoms with Crippen LogP contribution in [0, 0.1) is 28.6 Å². The first-order valence-corrected chi connectivity index (χ1v) is 23.4. The van der Waals surface area contributed by atoms with Gasteiger partial charge in [0.05, 0.1) is 29.8 Å². The molecule has 3 amide bonds. The Morgan fingerprint density at radius 3 is 2.51 bits per heavy atom. The number of aliphatic hydroxyl groups is 1. The number of fused-ring (bicyclic) bond motifs is 7. The number of rotatable bonds is 16. The van der Waals surface area contributed by atoms with Crippen LogP contribution in [0.15, 0.2) is 60.3 Å². The molecule has 1 aliphatic heterocycles. The van der Waals surface area contributed by atoms with Gasteiger partial charge in [0.2, 0.25) is 24.0 Å². The lowest BCUT2D eigenvalue weighted by atomic mass is 9.46. The fourth-order valence-electron chi connectivity index (χ4n) is 11.1. The first-order chi connectivity index (χ1) is 29.7. The van der Waals surface area contributed by atoms with Crippen molar-refractivity contribution in [1.82, 2.24) is 15.2 Å². The molecule has 2 aromatic rings. The number of aliphatic hydroxyl groups excluding tert-OH is 1. The van der Waals surface area contributed by atoms with Gasteiger partial charge in [-0.25, -0.2) is 4.57 Å². The third-order valence-corrected chi connectivity index (χ3v) is 14.8. The van der Waals surface area contributed by atoms with E-state index in [2.05, 4.69) is 31.9 Å². The first-order valence-electron chi connectivity index (χ1n) is 20.7. The van der Waals surface area contributed by atoms with Crippen LogP contribution in [0.25, 0.3) is 0 Å². The fraction of sp³-hybridized carbons (Fsp3) is 0.535. The van der Waals surface area contributed by atoms with Gasteiger partial charge in [0.1, 0.15) is 12.6 Å². The Balaban J connectivity index is 1.07. The number of hydrogen-bond acceptors (Lipinski definition) is 11. The van der Waals surface area contributed by atoms with Crippen LogP contribution in [0.5, 0.6) is 0 Å². The van der Waals surface area contributed by atoms with Gasteiger partial charge >= 0.3 is 13.8 Å². The lowest BCUT2D eigenvalue weighted by Gasteiger charge is -2.59. The molecule has 4 aliphatic carbocycles. The lowest BCUT2D eigenvalue weighted by Crippen LogP contribution is -2.63. The number of carbonyl (C=O) groups is 6. The van der Waals surface area contributed by atoms with Gasteiger partial charge in [0, 0.05) is 42.1 Å². The Morgan fingerprint density at radius 1 is 1.10 bits per heavy atom. The van der Waals surface area contributed by atoms with Gasteiger partial charge in [0.15, 0.2) is 17.2 Å². The van der Waals surface area contributed by atoms with Crippen LogP contribution in [-0.4, -0.2) is 102 Å². The third kappa shape index (κ3) is 9.16. The fourth-order valence-corrected chi connectivity index (χ4v) is 11.6. The van der Waals surface area contributed by atoms with Gasteiger partial charge in [-0.1, -0.05) is 53.6 Å². The number of carboxylic acids is 1. The van der Waals surface area contributed by atoms with E-state index in [0.717, 1.165) is 16.7 Å². The number of anilines is 1. The van der Waals surface area contributed by atoms with Crippen molar-refractivity contribution in [3.8, 4) is 0 Å². The number of hydrogen-bond donors (Lipinski definition) is 7. The number of carbonyl (C=O) groups excluding carboxylic acids is 5. The summed E-state index contributed by atoms with van der Waals surface area (Å²) in [5.41, 5.74) is 0.352. The number of aromatic nitrogens is 1. The molecular weight excluding hydrogens is 907 g/mol. The normalized spacial score (nSPS) is 31.2. The summed E-state index contributed by atoms with van der Waals surface area (Å²) in [6, 6.07) is 7.60. The molecule has 63 heavy (non-hydrogen) atoms. The predicted molar refractivity (Wildman–Crippen MR) is 227 cm³/mol. The summed E-state index contributed by atoms with van der Waals surface area (Å²) in [6.45, 7) is 2.62. The molecule has 7 N–H and O–H groups in total. The predicted octanol–water partition coefficient (Wildman–Crippen LogP) is 3.13. The number of Topliss-reactive ketones (excluding diaryl/α,β-unsaturated/α-hetero) is 1. The molecule has 340 valence electrons. The zero-order valence-corrected chi connectivity index (χ0v) is 37.4. The Morgan fingerprint density at radius 2 is 1.83 bits per heavy atom. The summed E-state index contributed by atoms with van der Waals surface area (Å²) < 4.78 is 31.9. The Kier molecular flexibility index (Phi) is 13.3. The summed E-state index contributed by atoms with van der Waals surface area (Å²) >= 11 is 2.98. The smallest absolute Gasteiger partial charge is 0.470 e. The summed E-state index contributed by atoms with van der Waals surface area (Å²) in [5.74, 6) is -4.14. The monoisotopic (exact) mass is 958 g/mol. The standard InChI is InChI=1S/C43H52BrN4O14P/c1-41-13-12-27(49)16-25(41)6-9-28-29-17-34-43(33(51)22-60-63(57,58)59,42(29,2)18-32(50)38(28)41)62-40(61-34)31-15-24(21-48(31)3)14-23-4-7-26(8-5-23)46-39(56)30(10-11-37(54)55)47-36(53)20-45-35(52)19-44/h4-5,7-8,12-13,15-16,21,28-30,32,34,38,40,50H,6,9-11,14,17-20,22H2,1-3H3,(H,45,52)(H,46,56)(H,47,53)(H,54,55)(H2,57,58,59)/t28-,29-,30-,32-,34+,38+,40+,41-,42-,43+/m0/s1. The van der Waals surface area contributed by atoms with E-state index in [1.54, 1.807) is 43.5 Å². The first kappa shape index (κ1) is 46.7. The van der Waals surface area contributed by atoms with Crippen LogP contribution in [-0.2, 0) is 60.8 Å². The number of allylic oxidation sites excluding steroid dienone is 4. The largest absolute Gasteiger partial charge is 0.481 e. The summed E-state index contributed by atoms with van der Waals surface area (Å²) in [5, 5.41) is 28.8. The zero-order chi connectivity index (χ0) is 45.6. The maximum Gasteiger partial charge on any atom is 0.470 e. The van der Waals surface area contributed by atoms with Crippen molar-refractivity contribution >= 4 is 64.7 Å². The molecule has 7 rings (SSSR count). The average Bonchev–Trinajstić information content (AvgIpc) is 3.86. The highest BCUT2D eigenvalue weighted by Gasteiger charge is 2.76. The Labute approximate surface area is 371 Å². The van der Waals surface area contributed by atoms with Gasteiger partial charge in [-0.15, -0.1) is 0 Å². The van der Waals surface area contributed by atoms with E-state index in [1.807, 2.05) is 36.8 Å². The number of aryl methyl sites for hydroxylation is 1. The second-order valence-corrected chi connectivity index (χ2v) is 19.5. The van der Waals surface area contributed by atoms with Gasteiger partial charge in [-0.3, -0.25) is 33.3 Å². The van der Waals surface area contributed by atoms with E-state index in [1.165, 1.54) is 0 Å². The minimum Gasteiger partial charge on any atom is -0.481 e. The number of carboxylic acid groups (broad SMARTS) is 1. The number of phosphoric ester groups is 1. The number of nitrogens with one attached hydrogen (secondary N) is 3. The molecule has 0 radical (unpaired) electrons. The SMILES string of the molecule is Cn1cc(Cc2ccc(NC(=O)[C@H](CCC(=O)O)NC(=O)CNC(=O)CBr)cc2)cc1[C@@H]1O[C@@H]2C[C@H]3[C@@H]4CCC5=CC(=O)C=C[C@]5(C)[C@H]4[C@@H](O)C[C@]3(C)[C@]2(C(=O)COP(=O)(O)O)O1. The maximum atomic E-state index is 14.5. The third-order valence-electron chi connectivity index (χ3n) is 13.9. The molecule has 1 saturated heterocycles. The van der Waals surface area contributed by atoms with Crippen molar-refractivity contribution in [2.45, 2.75) is 88.9 Å². The zero-order valence-electron chi connectivity index (χ0n) is 35.0. The van der Waals surface area contributed by atoms with E-state index in [-0.39, 0.29) is 48.1 Å². The van der Waals surface area contributed by atoms with E-state index in [9.17, 15) is 53.3 Å². The highest BCUT2D eigenvalue weighted by Crippen LogP contribution is 2.70. The molecule has 0 bridgehead atoms. The molecule has 1 aromatic heterocycles. The molecule has 4 fully saturated rings. The molecule has 18 nitrogen and oxygen atoms in total. The van der Waals surface area contributed by atoms with E-state index in [0.29, 0.717) is 37.1 Å². The quantitative estimate of drug-likeness (QED) is 0.0942.